The highest BCUT2D eigenvalue weighted by atomic mass is 16.1. The Kier molecular flexibility index (Phi) is 1.64. The van der Waals surface area contributed by atoms with Gasteiger partial charge in [0.2, 0.25) is 0 Å². The molecule has 3 N–H and O–H groups in total. The normalized spacial score (nSPS) is 28.4. The number of hydrogen-bond donors (Lipinski definition) is 2. The molecule has 0 aromatic rings. The van der Waals surface area contributed by atoms with Crippen molar-refractivity contribution in [1.29, 1.82) is 0 Å². The highest BCUT2D eigenvalue weighted by Gasteiger charge is 2.32. The third-order valence-electron chi connectivity index (χ3n) is 1.54. The van der Waals surface area contributed by atoms with Crippen molar-refractivity contribution in [3.8, 4) is 0 Å². The summed E-state index contributed by atoms with van der Waals surface area (Å²) in [6, 6.07) is 0. The highest BCUT2D eigenvalue weighted by Crippen LogP contribution is 2.21. The molecule has 1 atom stereocenters. The van der Waals surface area contributed by atoms with E-state index in [9.17, 15) is 4.79 Å². The zero-order valence-corrected chi connectivity index (χ0v) is 6.46. The Labute approximate surface area is 64.4 Å². The summed E-state index contributed by atoms with van der Waals surface area (Å²) in [4.78, 5) is 10.8. The lowest BCUT2D eigenvalue weighted by Crippen LogP contribution is -2.36. The number of azo groups is 1. The van der Waals surface area contributed by atoms with Gasteiger partial charge in [-0.15, -0.1) is 5.11 Å². The molecule has 0 radical (unpaired) electrons. The maximum absolute atomic E-state index is 10.8. The van der Waals surface area contributed by atoms with Gasteiger partial charge in [-0.05, 0) is 13.0 Å². The van der Waals surface area contributed by atoms with Gasteiger partial charge in [-0.25, -0.2) is 0 Å². The molecule has 1 aliphatic heterocycles. The van der Waals surface area contributed by atoms with E-state index in [1.54, 1.807) is 20.0 Å². The van der Waals surface area contributed by atoms with E-state index < -0.39 is 11.4 Å². The van der Waals surface area contributed by atoms with Crippen LogP contribution in [0.1, 0.15) is 6.92 Å². The van der Waals surface area contributed by atoms with Crippen LogP contribution < -0.4 is 11.1 Å². The fraction of sp³-hybridized carbons (Fsp3) is 0.500. The number of nitrogens with zero attached hydrogens (tertiary/aromatic N) is 2. The number of carbonyl (C=O) groups excluding carboxylic acids is 1. The van der Waals surface area contributed by atoms with E-state index in [-0.39, 0.29) is 0 Å². The molecule has 11 heavy (non-hydrogen) atoms. The number of primary amides is 1. The SMILES string of the molecule is CNC1=CC(C)(C(N)=O)N=N1. The van der Waals surface area contributed by atoms with Gasteiger partial charge in [-0.3, -0.25) is 4.79 Å². The molecule has 0 aromatic heterocycles. The standard InChI is InChI=1S/C6H10N4O/c1-6(5(7)11)3-4(8-2)9-10-6/h3,8H,1-2H3,(H2,7,11). The van der Waals surface area contributed by atoms with Gasteiger partial charge in [-0.1, -0.05) is 0 Å². The van der Waals surface area contributed by atoms with Gasteiger partial charge in [0.25, 0.3) is 5.91 Å². The van der Waals surface area contributed by atoms with Crippen LogP contribution in [0.15, 0.2) is 22.1 Å². The smallest absolute Gasteiger partial charge is 0.251 e. The number of rotatable bonds is 2. The van der Waals surface area contributed by atoms with Crippen LogP contribution in [0.4, 0.5) is 0 Å². The molecule has 0 fully saturated rings. The highest BCUT2D eigenvalue weighted by molar-refractivity contribution is 5.87. The fourth-order valence-corrected chi connectivity index (χ4v) is 0.724. The molecule has 0 spiro atoms. The maximum Gasteiger partial charge on any atom is 0.251 e. The number of nitrogens with two attached hydrogens (primary N) is 1. The summed E-state index contributed by atoms with van der Waals surface area (Å²) >= 11 is 0. The number of hydrogen-bond acceptors (Lipinski definition) is 4. The first-order valence-corrected chi connectivity index (χ1v) is 3.22. The summed E-state index contributed by atoms with van der Waals surface area (Å²) in [6.07, 6.45) is 1.59. The summed E-state index contributed by atoms with van der Waals surface area (Å²) in [6.45, 7) is 1.61. The van der Waals surface area contributed by atoms with Crippen LogP contribution in [-0.4, -0.2) is 18.5 Å². The minimum atomic E-state index is -0.960. The molecule has 5 nitrogen and oxygen atoms in total. The molecular formula is C6H10N4O. The van der Waals surface area contributed by atoms with E-state index in [2.05, 4.69) is 15.5 Å². The van der Waals surface area contributed by atoms with Crippen LogP contribution in [0.2, 0.25) is 0 Å². The van der Waals surface area contributed by atoms with Gasteiger partial charge >= 0.3 is 0 Å². The Morgan fingerprint density at radius 2 is 2.45 bits per heavy atom. The van der Waals surface area contributed by atoms with E-state index in [4.69, 9.17) is 5.73 Å². The van der Waals surface area contributed by atoms with E-state index in [1.165, 1.54) is 0 Å². The lowest BCUT2D eigenvalue weighted by molar-refractivity contribution is -0.121. The Morgan fingerprint density at radius 1 is 1.82 bits per heavy atom. The fourth-order valence-electron chi connectivity index (χ4n) is 0.724. The van der Waals surface area contributed by atoms with Gasteiger partial charge in [0, 0.05) is 7.05 Å². The molecule has 0 aliphatic carbocycles. The topological polar surface area (TPSA) is 79.8 Å². The van der Waals surface area contributed by atoms with Crippen molar-refractivity contribution in [1.82, 2.24) is 5.32 Å². The zero-order valence-electron chi connectivity index (χ0n) is 6.46. The van der Waals surface area contributed by atoms with Crippen LogP contribution >= 0.6 is 0 Å². The van der Waals surface area contributed by atoms with Crippen molar-refractivity contribution >= 4 is 5.91 Å². The Hall–Kier alpha value is -1.39. The summed E-state index contributed by atoms with van der Waals surface area (Å²) in [5.41, 5.74) is 4.12. The van der Waals surface area contributed by atoms with Crippen LogP contribution in [0.25, 0.3) is 0 Å². The Balaban J connectivity index is 2.88. The van der Waals surface area contributed by atoms with E-state index >= 15 is 0 Å². The summed E-state index contributed by atoms with van der Waals surface area (Å²) < 4.78 is 0. The molecule has 5 heteroatoms. The van der Waals surface area contributed by atoms with Crippen LogP contribution in [0.5, 0.6) is 0 Å². The molecule has 1 unspecified atom stereocenters. The summed E-state index contributed by atoms with van der Waals surface area (Å²) in [5.74, 6) is 0.0813. The van der Waals surface area contributed by atoms with Gasteiger partial charge in [-0.2, -0.15) is 5.11 Å². The second-order valence-corrected chi connectivity index (χ2v) is 2.49. The number of nitrogens with one attached hydrogen (secondary N) is 1. The lowest BCUT2D eigenvalue weighted by Gasteiger charge is -2.09. The third kappa shape index (κ3) is 1.21. The predicted octanol–water partition coefficient (Wildman–Crippen LogP) is -0.243. The Morgan fingerprint density at radius 3 is 2.73 bits per heavy atom. The van der Waals surface area contributed by atoms with E-state index in [0.29, 0.717) is 5.82 Å². The average Bonchev–Trinajstić information content (AvgIpc) is 2.33. The van der Waals surface area contributed by atoms with Crippen molar-refractivity contribution in [2.24, 2.45) is 16.0 Å². The van der Waals surface area contributed by atoms with Crippen LogP contribution in [-0.2, 0) is 4.79 Å². The van der Waals surface area contributed by atoms with Crippen molar-refractivity contribution in [2.45, 2.75) is 12.5 Å². The van der Waals surface area contributed by atoms with Gasteiger partial charge in [0.05, 0.1) is 0 Å². The average molecular weight is 154 g/mol. The molecule has 1 rings (SSSR count). The maximum atomic E-state index is 10.8. The number of amides is 1. The minimum absolute atomic E-state index is 0.494. The minimum Gasteiger partial charge on any atom is -0.372 e. The largest absolute Gasteiger partial charge is 0.372 e. The first-order valence-electron chi connectivity index (χ1n) is 3.22. The molecule has 0 saturated carbocycles. The van der Waals surface area contributed by atoms with Crippen LogP contribution in [0.3, 0.4) is 0 Å². The van der Waals surface area contributed by atoms with Gasteiger partial charge in [0.1, 0.15) is 5.82 Å². The molecule has 1 aliphatic rings. The Bertz CT molecular complexity index is 245. The third-order valence-corrected chi connectivity index (χ3v) is 1.54. The number of carbonyl (C=O) groups is 1. The van der Waals surface area contributed by atoms with Crippen molar-refractivity contribution in [2.75, 3.05) is 7.05 Å². The zero-order chi connectivity index (χ0) is 8.48. The second kappa shape index (κ2) is 2.34. The van der Waals surface area contributed by atoms with Gasteiger partial charge in [0.15, 0.2) is 5.54 Å². The quantitative estimate of drug-likeness (QED) is 0.575. The molecule has 1 amide bonds. The van der Waals surface area contributed by atoms with Crippen LogP contribution in [0, 0.1) is 0 Å². The molecule has 0 aromatic carbocycles. The molecule has 0 bridgehead atoms. The molecular weight excluding hydrogens is 144 g/mol. The van der Waals surface area contributed by atoms with Gasteiger partial charge < -0.3 is 11.1 Å². The molecule has 0 saturated heterocycles. The van der Waals surface area contributed by atoms with Crippen molar-refractivity contribution < 1.29 is 4.79 Å². The first kappa shape index (κ1) is 7.71. The second-order valence-electron chi connectivity index (χ2n) is 2.49. The van der Waals surface area contributed by atoms with Crippen molar-refractivity contribution in [3.05, 3.63) is 11.9 Å². The monoisotopic (exact) mass is 154 g/mol. The summed E-state index contributed by atoms with van der Waals surface area (Å²) in [7, 11) is 1.71. The molecule has 60 valence electrons. The predicted molar refractivity (Wildman–Crippen MR) is 39.6 cm³/mol. The summed E-state index contributed by atoms with van der Waals surface area (Å²) in [5, 5.41) is 10.2. The first-order chi connectivity index (χ1) is 5.08. The lowest BCUT2D eigenvalue weighted by atomic mass is 10.0. The van der Waals surface area contributed by atoms with E-state index in [1.807, 2.05) is 0 Å². The van der Waals surface area contributed by atoms with E-state index in [0.717, 1.165) is 0 Å². The van der Waals surface area contributed by atoms with Crippen molar-refractivity contribution in [3.63, 3.8) is 0 Å². The molecule has 1 heterocycles.